The normalized spacial score (nSPS) is 12.6. The highest BCUT2D eigenvalue weighted by Crippen LogP contribution is 2.19. The maximum absolute atomic E-state index is 4.17. The molecular formula is C16H19BrSi. The molecule has 0 spiro atoms. The minimum absolute atomic E-state index is 1.11. The maximum Gasteiger partial charge on any atom is 0.112 e. The van der Waals surface area contributed by atoms with E-state index in [1.165, 1.54) is 39.0 Å². The van der Waals surface area contributed by atoms with Gasteiger partial charge in [-0.05, 0) is 20.1 Å². The quantitative estimate of drug-likeness (QED) is 0.711. The van der Waals surface area contributed by atoms with Crippen LogP contribution in [0.3, 0.4) is 0 Å². The van der Waals surface area contributed by atoms with Gasteiger partial charge in [-0.1, -0.05) is 90.8 Å². The Balaban J connectivity index is 2.46. The van der Waals surface area contributed by atoms with Crippen LogP contribution in [0.5, 0.6) is 0 Å². The number of benzene rings is 2. The van der Waals surface area contributed by atoms with Crippen molar-refractivity contribution in [1.82, 2.24) is 0 Å². The van der Waals surface area contributed by atoms with Crippen molar-refractivity contribution >= 4 is 40.7 Å². The van der Waals surface area contributed by atoms with E-state index >= 15 is 0 Å². The van der Waals surface area contributed by atoms with Gasteiger partial charge in [0.25, 0.3) is 0 Å². The van der Waals surface area contributed by atoms with Crippen molar-refractivity contribution in [3.63, 3.8) is 0 Å². The molecule has 0 radical (unpaired) electrons. The fourth-order valence-electron chi connectivity index (χ4n) is 2.44. The van der Waals surface area contributed by atoms with Gasteiger partial charge in [-0.2, -0.15) is 0 Å². The van der Waals surface area contributed by atoms with Gasteiger partial charge in [0.2, 0.25) is 0 Å². The van der Waals surface area contributed by atoms with Gasteiger partial charge >= 0.3 is 0 Å². The molecule has 0 amide bonds. The van der Waals surface area contributed by atoms with Gasteiger partial charge in [0, 0.05) is 0 Å². The van der Waals surface area contributed by atoms with Crippen LogP contribution in [-0.2, 0) is 0 Å². The number of hydrogen-bond donors (Lipinski definition) is 0. The lowest BCUT2D eigenvalue weighted by Crippen LogP contribution is -2.30. The Kier molecular flexibility index (Phi) is 4.78. The number of fused-ring (bicyclic) bond motifs is 1. The van der Waals surface area contributed by atoms with Gasteiger partial charge in [0.05, 0.1) is 0 Å². The van der Waals surface area contributed by atoms with E-state index in [1.807, 2.05) is 0 Å². The summed E-state index contributed by atoms with van der Waals surface area (Å²) in [5.74, 6) is 0. The van der Waals surface area contributed by atoms with E-state index in [4.69, 9.17) is 0 Å². The molecule has 0 N–H and O–H groups in total. The summed E-state index contributed by atoms with van der Waals surface area (Å²) in [7, 11) is -1.11. The van der Waals surface area contributed by atoms with Crippen molar-refractivity contribution in [2.24, 2.45) is 0 Å². The zero-order chi connectivity index (χ0) is 13.0. The molecule has 1 atom stereocenters. The highest BCUT2D eigenvalue weighted by Gasteiger charge is 2.17. The molecule has 0 saturated heterocycles. The predicted octanol–water partition coefficient (Wildman–Crippen LogP) is 4.52. The second-order valence-electron chi connectivity index (χ2n) is 4.71. The van der Waals surface area contributed by atoms with Crippen LogP contribution in [0.1, 0.15) is 19.8 Å². The van der Waals surface area contributed by atoms with E-state index in [2.05, 4.69) is 71.9 Å². The highest BCUT2D eigenvalue weighted by atomic mass is 79.9. The fraction of sp³-hybridized carbons (Fsp3) is 0.250. The average molecular weight is 319 g/mol. The molecule has 94 valence electrons. The van der Waals surface area contributed by atoms with Crippen LogP contribution >= 0.6 is 15.9 Å². The largest absolute Gasteiger partial charge is 0.112 e. The van der Waals surface area contributed by atoms with E-state index in [-0.39, 0.29) is 0 Å². The number of unbranched alkanes of at least 4 members (excludes halogenated alkanes) is 1. The average Bonchev–Trinajstić information content (AvgIpc) is 2.39. The first kappa shape index (κ1) is 13.6. The Morgan fingerprint density at radius 2 is 1.89 bits per heavy atom. The third kappa shape index (κ3) is 2.93. The Morgan fingerprint density at radius 3 is 2.61 bits per heavy atom. The molecule has 0 nitrogen and oxygen atoms in total. The van der Waals surface area contributed by atoms with E-state index in [1.54, 1.807) is 0 Å². The lowest BCUT2D eigenvalue weighted by atomic mass is 10.1. The van der Waals surface area contributed by atoms with Crippen molar-refractivity contribution < 1.29 is 0 Å². The van der Waals surface area contributed by atoms with E-state index in [0.29, 0.717) is 0 Å². The van der Waals surface area contributed by atoms with Crippen LogP contribution in [0.4, 0.5) is 0 Å². The molecular weight excluding hydrogens is 300 g/mol. The van der Waals surface area contributed by atoms with Crippen LogP contribution in [0.2, 0.25) is 6.04 Å². The maximum atomic E-state index is 4.17. The molecule has 0 aromatic heterocycles. The van der Waals surface area contributed by atoms with Crippen molar-refractivity contribution in [1.29, 1.82) is 0 Å². The molecule has 0 aliphatic carbocycles. The molecule has 2 aromatic rings. The molecule has 2 rings (SSSR count). The Labute approximate surface area is 119 Å². The Morgan fingerprint density at radius 1 is 1.17 bits per heavy atom. The lowest BCUT2D eigenvalue weighted by molar-refractivity contribution is 0.878. The van der Waals surface area contributed by atoms with Crippen molar-refractivity contribution in [2.45, 2.75) is 25.8 Å². The van der Waals surface area contributed by atoms with Crippen LogP contribution in [0, 0.1) is 0 Å². The summed E-state index contributed by atoms with van der Waals surface area (Å²) < 4.78 is 1.23. The first-order chi connectivity index (χ1) is 8.74. The van der Waals surface area contributed by atoms with E-state index in [9.17, 15) is 0 Å². The summed E-state index contributed by atoms with van der Waals surface area (Å²) >= 11 is 3.66. The van der Waals surface area contributed by atoms with Crippen molar-refractivity contribution in [3.8, 4) is 0 Å². The summed E-state index contributed by atoms with van der Waals surface area (Å²) in [4.78, 5) is 0. The molecule has 0 saturated carbocycles. The summed E-state index contributed by atoms with van der Waals surface area (Å²) in [5, 5.41) is 4.29. The third-order valence-corrected chi connectivity index (χ3v) is 8.08. The van der Waals surface area contributed by atoms with Gasteiger partial charge in [0.1, 0.15) is 8.80 Å². The van der Waals surface area contributed by atoms with Crippen molar-refractivity contribution in [3.05, 3.63) is 53.1 Å². The van der Waals surface area contributed by atoms with Gasteiger partial charge < -0.3 is 0 Å². The van der Waals surface area contributed by atoms with Crippen molar-refractivity contribution in [2.75, 3.05) is 0 Å². The zero-order valence-electron chi connectivity index (χ0n) is 10.8. The Bertz CT molecular complexity index is 542. The molecule has 0 fully saturated rings. The van der Waals surface area contributed by atoms with Gasteiger partial charge in [0.15, 0.2) is 0 Å². The standard InChI is InChI=1S/C16H19BrSi/c1-3-4-12-18(13(2)17)16-11-7-9-14-8-5-6-10-15(14)16/h5-11,18H,2-4,12H2,1H3. The van der Waals surface area contributed by atoms with Gasteiger partial charge in [-0.25, -0.2) is 0 Å². The van der Waals surface area contributed by atoms with Crippen LogP contribution in [0.15, 0.2) is 53.1 Å². The second kappa shape index (κ2) is 6.35. The number of hydrogen-bond acceptors (Lipinski definition) is 0. The smallest absolute Gasteiger partial charge is 0.0929 e. The zero-order valence-corrected chi connectivity index (χ0v) is 13.6. The van der Waals surface area contributed by atoms with Crippen LogP contribution < -0.4 is 5.19 Å². The fourth-order valence-corrected chi connectivity index (χ4v) is 6.63. The number of halogens is 1. The van der Waals surface area contributed by atoms with Gasteiger partial charge in [-0.3, -0.25) is 0 Å². The first-order valence-corrected chi connectivity index (χ1v) is 9.32. The van der Waals surface area contributed by atoms with Crippen LogP contribution in [-0.4, -0.2) is 8.80 Å². The first-order valence-electron chi connectivity index (χ1n) is 6.56. The molecule has 1 unspecified atom stereocenters. The molecule has 0 heterocycles. The molecule has 0 bridgehead atoms. The third-order valence-electron chi connectivity index (χ3n) is 3.42. The predicted molar refractivity (Wildman–Crippen MR) is 88.5 cm³/mol. The molecule has 2 heteroatoms. The van der Waals surface area contributed by atoms with Gasteiger partial charge in [-0.15, -0.1) is 0 Å². The molecule has 18 heavy (non-hydrogen) atoms. The Hall–Kier alpha value is -0.863. The summed E-state index contributed by atoms with van der Waals surface area (Å²) in [6, 6.07) is 16.6. The lowest BCUT2D eigenvalue weighted by Gasteiger charge is -2.16. The van der Waals surface area contributed by atoms with Crippen LogP contribution in [0.25, 0.3) is 10.8 Å². The topological polar surface area (TPSA) is 0 Å². The molecule has 0 aliphatic rings. The minimum atomic E-state index is -1.11. The second-order valence-corrected chi connectivity index (χ2v) is 9.58. The molecule has 2 aromatic carbocycles. The van der Waals surface area contributed by atoms with E-state index in [0.717, 1.165) is 0 Å². The minimum Gasteiger partial charge on any atom is -0.0929 e. The summed E-state index contributed by atoms with van der Waals surface area (Å²) in [5.41, 5.74) is 0. The number of rotatable bonds is 5. The SMILES string of the molecule is C=C(Br)[SiH](CCCC)c1cccc2ccccc12. The summed E-state index contributed by atoms with van der Waals surface area (Å²) in [6.07, 6.45) is 2.55. The van der Waals surface area contributed by atoms with E-state index < -0.39 is 8.80 Å². The monoisotopic (exact) mass is 318 g/mol. The molecule has 0 aliphatic heterocycles. The highest BCUT2D eigenvalue weighted by molar-refractivity contribution is 9.12. The summed E-state index contributed by atoms with van der Waals surface area (Å²) in [6.45, 7) is 6.43.